The van der Waals surface area contributed by atoms with E-state index in [2.05, 4.69) is 157 Å². The van der Waals surface area contributed by atoms with Gasteiger partial charge in [0.2, 0.25) is 0 Å². The molecule has 0 atom stereocenters. The Hall–Kier alpha value is -7.60. The maximum absolute atomic E-state index is 6.33. The summed E-state index contributed by atoms with van der Waals surface area (Å²) in [6.45, 7) is 0. The van der Waals surface area contributed by atoms with Crippen LogP contribution in [0.1, 0.15) is 0 Å². The molecule has 4 heterocycles. The lowest BCUT2D eigenvalue weighted by Crippen LogP contribution is -2.10. The summed E-state index contributed by atoms with van der Waals surface area (Å²) in [6, 6.07) is 67.0. The van der Waals surface area contributed by atoms with Crippen molar-refractivity contribution < 1.29 is 13.3 Å². The molecule has 0 aliphatic carbocycles. The van der Waals surface area contributed by atoms with Crippen LogP contribution in [0.15, 0.2) is 201 Å². The summed E-state index contributed by atoms with van der Waals surface area (Å²) in [7, 11) is 0. The van der Waals surface area contributed by atoms with E-state index in [1.54, 1.807) is 0 Å². The van der Waals surface area contributed by atoms with Crippen LogP contribution in [0.2, 0.25) is 0 Å². The largest absolute Gasteiger partial charge is 0.456 e. The number of thiophene rings is 1. The minimum atomic E-state index is 0.866. The molecule has 13 aromatic rings. The third kappa shape index (κ3) is 5.08. The van der Waals surface area contributed by atoms with Gasteiger partial charge in [0.15, 0.2) is 0 Å². The Bertz CT molecular complexity index is 3580. The monoisotopic (exact) mass is 773 g/mol. The van der Waals surface area contributed by atoms with Crippen molar-refractivity contribution in [1.29, 1.82) is 0 Å². The predicted octanol–water partition coefficient (Wildman–Crippen LogP) is 16.6. The van der Waals surface area contributed by atoms with E-state index in [0.717, 1.165) is 105 Å². The molecule has 59 heavy (non-hydrogen) atoms. The maximum Gasteiger partial charge on any atom is 0.135 e. The van der Waals surface area contributed by atoms with Gasteiger partial charge in [-0.05, 0) is 125 Å². The van der Waals surface area contributed by atoms with E-state index < -0.39 is 0 Å². The average molecular weight is 774 g/mol. The first-order valence-corrected chi connectivity index (χ1v) is 20.6. The first-order chi connectivity index (χ1) is 29.2. The van der Waals surface area contributed by atoms with Gasteiger partial charge >= 0.3 is 0 Å². The number of hydrogen-bond acceptors (Lipinski definition) is 5. The minimum absolute atomic E-state index is 0.866. The molecular formula is C54H31NO3S. The van der Waals surface area contributed by atoms with Crippen LogP contribution >= 0.6 is 11.3 Å². The van der Waals surface area contributed by atoms with Crippen molar-refractivity contribution in [2.45, 2.75) is 0 Å². The SMILES string of the molecule is c1ccc2c(c1)oc1ccc(-c3cc(-c4ccc5oc6ccccc6c5c4)cc(N(c4ccc5oc6ccccc6c5c4)c4ccc5sc6ccccc6c5c4)c3)cc12. The molecule has 0 spiro atoms. The van der Waals surface area contributed by atoms with E-state index in [4.69, 9.17) is 13.3 Å². The van der Waals surface area contributed by atoms with Crippen molar-refractivity contribution in [3.63, 3.8) is 0 Å². The van der Waals surface area contributed by atoms with Crippen molar-refractivity contribution in [3.8, 4) is 22.3 Å². The Balaban J connectivity index is 1.09. The molecule has 13 rings (SSSR count). The van der Waals surface area contributed by atoms with Gasteiger partial charge in [0.05, 0.1) is 0 Å². The lowest BCUT2D eigenvalue weighted by Gasteiger charge is -2.27. The fourth-order valence-corrected chi connectivity index (χ4v) is 10.1. The van der Waals surface area contributed by atoms with Crippen LogP contribution in [0.4, 0.5) is 17.1 Å². The summed E-state index contributed by atoms with van der Waals surface area (Å²) in [5.74, 6) is 0. The van der Waals surface area contributed by atoms with Crippen molar-refractivity contribution in [2.24, 2.45) is 0 Å². The molecule has 0 fully saturated rings. The zero-order valence-corrected chi connectivity index (χ0v) is 32.3. The summed E-state index contributed by atoms with van der Waals surface area (Å²) in [5.41, 5.74) is 12.8. The second kappa shape index (κ2) is 12.4. The summed E-state index contributed by atoms with van der Waals surface area (Å²) in [6.07, 6.45) is 0. The lowest BCUT2D eigenvalue weighted by molar-refractivity contribution is 0.668. The van der Waals surface area contributed by atoms with Gasteiger partial charge in [0.1, 0.15) is 33.5 Å². The molecular weight excluding hydrogens is 743 g/mol. The van der Waals surface area contributed by atoms with Crippen molar-refractivity contribution in [3.05, 3.63) is 188 Å². The maximum atomic E-state index is 6.33. The van der Waals surface area contributed by atoms with Gasteiger partial charge in [0.25, 0.3) is 0 Å². The van der Waals surface area contributed by atoms with Crippen LogP contribution in [0.5, 0.6) is 0 Å². The highest BCUT2D eigenvalue weighted by Crippen LogP contribution is 2.45. The van der Waals surface area contributed by atoms with Crippen LogP contribution in [-0.4, -0.2) is 0 Å². The van der Waals surface area contributed by atoms with E-state index in [1.807, 2.05) is 47.7 Å². The second-order valence-electron chi connectivity index (χ2n) is 15.3. The van der Waals surface area contributed by atoms with Crippen molar-refractivity contribution >= 4 is 114 Å². The van der Waals surface area contributed by atoms with Gasteiger partial charge in [-0.2, -0.15) is 0 Å². The first-order valence-electron chi connectivity index (χ1n) is 19.8. The predicted molar refractivity (Wildman–Crippen MR) is 247 cm³/mol. The Kier molecular flexibility index (Phi) is 6.85. The van der Waals surface area contributed by atoms with E-state index in [0.29, 0.717) is 0 Å². The highest BCUT2D eigenvalue weighted by Gasteiger charge is 2.20. The molecule has 0 bridgehead atoms. The molecule has 0 N–H and O–H groups in total. The number of anilines is 3. The highest BCUT2D eigenvalue weighted by molar-refractivity contribution is 7.25. The Labute approximate surface area is 341 Å². The van der Waals surface area contributed by atoms with Gasteiger partial charge in [-0.15, -0.1) is 11.3 Å². The zero-order chi connectivity index (χ0) is 38.6. The summed E-state index contributed by atoms with van der Waals surface area (Å²) in [4.78, 5) is 2.40. The highest BCUT2D eigenvalue weighted by atomic mass is 32.1. The molecule has 0 aliphatic heterocycles. The van der Waals surface area contributed by atoms with Crippen LogP contribution in [0.25, 0.3) is 108 Å². The number of furan rings is 3. The van der Waals surface area contributed by atoms with Crippen LogP contribution in [0, 0.1) is 0 Å². The van der Waals surface area contributed by atoms with E-state index in [-0.39, 0.29) is 0 Å². The fraction of sp³-hybridized carbons (Fsp3) is 0. The Morgan fingerprint density at radius 2 is 0.695 bits per heavy atom. The molecule has 0 saturated carbocycles. The third-order valence-corrected chi connectivity index (χ3v) is 13.0. The molecule has 4 aromatic heterocycles. The summed E-state index contributed by atoms with van der Waals surface area (Å²) >= 11 is 1.84. The van der Waals surface area contributed by atoms with Gasteiger partial charge in [0, 0.05) is 69.6 Å². The molecule has 0 amide bonds. The summed E-state index contributed by atoms with van der Waals surface area (Å²) < 4.78 is 21.4. The van der Waals surface area contributed by atoms with E-state index >= 15 is 0 Å². The van der Waals surface area contributed by atoms with Gasteiger partial charge in [-0.25, -0.2) is 0 Å². The number of hydrogen-bond donors (Lipinski definition) is 0. The third-order valence-electron chi connectivity index (χ3n) is 11.8. The normalized spacial score (nSPS) is 12.1. The minimum Gasteiger partial charge on any atom is -0.456 e. The molecule has 0 unspecified atom stereocenters. The topological polar surface area (TPSA) is 42.7 Å². The zero-order valence-electron chi connectivity index (χ0n) is 31.5. The molecule has 0 radical (unpaired) electrons. The molecule has 0 saturated heterocycles. The molecule has 9 aromatic carbocycles. The fourth-order valence-electron chi connectivity index (χ4n) is 9.04. The first kappa shape index (κ1) is 32.5. The van der Waals surface area contributed by atoms with E-state index in [9.17, 15) is 0 Å². The van der Waals surface area contributed by atoms with Crippen LogP contribution in [0.3, 0.4) is 0 Å². The second-order valence-corrected chi connectivity index (χ2v) is 16.4. The van der Waals surface area contributed by atoms with Crippen molar-refractivity contribution in [2.75, 3.05) is 4.90 Å². The molecule has 4 nitrogen and oxygen atoms in total. The van der Waals surface area contributed by atoms with Crippen LogP contribution < -0.4 is 4.90 Å². The number of fused-ring (bicyclic) bond motifs is 12. The van der Waals surface area contributed by atoms with Gasteiger partial charge < -0.3 is 18.2 Å². The molecule has 0 aliphatic rings. The number of nitrogens with zero attached hydrogens (tertiary/aromatic N) is 1. The Morgan fingerprint density at radius 3 is 1.27 bits per heavy atom. The van der Waals surface area contributed by atoms with Gasteiger partial charge in [-0.1, -0.05) is 84.9 Å². The Morgan fingerprint density at radius 1 is 0.271 bits per heavy atom. The van der Waals surface area contributed by atoms with Crippen molar-refractivity contribution in [1.82, 2.24) is 0 Å². The number of para-hydroxylation sites is 3. The van der Waals surface area contributed by atoms with Crippen LogP contribution in [-0.2, 0) is 0 Å². The lowest BCUT2D eigenvalue weighted by atomic mass is 9.95. The average Bonchev–Trinajstić information content (AvgIpc) is 4.06. The van der Waals surface area contributed by atoms with Gasteiger partial charge in [-0.3, -0.25) is 0 Å². The number of benzene rings is 9. The quantitative estimate of drug-likeness (QED) is 0.175. The number of rotatable bonds is 5. The standard InChI is InChI=1S/C54H31NO3S/c1-5-13-47-39(9-1)43-28-32(17-21-50(43)56-47)34-25-35(33-18-22-51-44(29-33)40-10-2-6-14-48(40)57-51)27-38(26-34)55(36-19-23-52-45(30-36)41-11-3-7-15-49(41)58-52)37-20-24-54-46(31-37)42-12-4-8-16-53(42)59-54/h1-31H. The summed E-state index contributed by atoms with van der Waals surface area (Å²) in [5, 5.41) is 9.10. The van der Waals surface area contributed by atoms with E-state index in [1.165, 1.54) is 20.2 Å². The molecule has 5 heteroatoms. The smallest absolute Gasteiger partial charge is 0.135 e. The molecule has 276 valence electrons.